The lowest BCUT2D eigenvalue weighted by Gasteiger charge is -2.54. The summed E-state index contributed by atoms with van der Waals surface area (Å²) in [7, 11) is 0.812. The molecule has 4 amide bonds. The standard InChI is InChI=1S/C53H60F10N10O8/c1-49(2,52(58,59)60)42(67-48(79)80-6)44(75)65-39(19-30-10-7-29(8-11-30)9-12-31-13-16-41(64-22-31)70-23-33-14-15-34(24-70)73(33)51(5)27-81-28-51)40(74)26-71(69-45(76)43(66-47(77)78)50(3,4)53(61,62)63)25-35-36(54)20-32(21-37(35)55)38-17-18-72(68-38)46(56)57/h7-8,10-11,13,16-18,20-22,33-34,39-40,42-43,46,66,74H,14-15,19,23-28H2,1-6H3,(H,65,75)(H,67,79)(H,69,76)(H,77,78). The van der Waals surface area contributed by atoms with Gasteiger partial charge >= 0.3 is 31.1 Å². The van der Waals surface area contributed by atoms with Crippen molar-refractivity contribution in [2.75, 3.05) is 44.9 Å². The molecule has 6 atom stereocenters. The summed E-state index contributed by atoms with van der Waals surface area (Å²) in [4.78, 5) is 61.6. The third kappa shape index (κ3) is 13.9. The SMILES string of the molecule is COC(=O)NC(C(=O)NC(Cc1ccc(C#Cc2ccc(N3CC4CCC(C3)N4C3(C)COC3)nc2)cc1)C(O)CN(Cc1c(F)cc(-c2ccn(C(F)F)n2)cc1F)NC(=O)C(NC(=O)O)C(C)(C)C(F)(F)F)C(C)(C)C(F)(F)F. The number of alkyl halides is 8. The molecule has 2 aromatic carbocycles. The molecule has 28 heteroatoms. The van der Waals surface area contributed by atoms with Gasteiger partial charge in [0.2, 0.25) is 5.91 Å². The average molecular weight is 1160 g/mol. The summed E-state index contributed by atoms with van der Waals surface area (Å²) in [5.41, 5.74) is -4.64. The van der Waals surface area contributed by atoms with Crippen molar-refractivity contribution < 1.29 is 82.8 Å². The number of hydrogen-bond donors (Lipinski definition) is 6. The smallest absolute Gasteiger partial charge is 0.407 e. The summed E-state index contributed by atoms with van der Waals surface area (Å²) in [6, 6.07) is 5.82. The molecule has 0 radical (unpaired) electrons. The van der Waals surface area contributed by atoms with Crippen LogP contribution in [-0.2, 0) is 32.0 Å². The molecule has 2 bridgehead atoms. The lowest BCUT2D eigenvalue weighted by atomic mass is 9.82. The third-order valence-corrected chi connectivity index (χ3v) is 15.0. The van der Waals surface area contributed by atoms with Crippen LogP contribution in [-0.4, -0.2) is 153 Å². The Morgan fingerprint density at radius 1 is 0.840 bits per heavy atom. The quantitative estimate of drug-likeness (QED) is 0.0320. The molecule has 440 valence electrons. The average Bonchev–Trinajstić information content (AvgIpc) is 3.99. The summed E-state index contributed by atoms with van der Waals surface area (Å²) in [6.07, 6.45) is -12.1. The molecule has 6 N–H and O–H groups in total. The molecular weight excluding hydrogens is 1090 g/mol. The fraction of sp³-hybridized carbons (Fsp3) is 0.509. The normalized spacial score (nSPS) is 18.9. The Morgan fingerprint density at radius 3 is 1.90 bits per heavy atom. The van der Waals surface area contributed by atoms with E-state index >= 15 is 8.78 Å². The molecule has 6 unspecified atom stereocenters. The highest BCUT2D eigenvalue weighted by Gasteiger charge is 2.57. The van der Waals surface area contributed by atoms with E-state index in [0.717, 1.165) is 51.1 Å². The van der Waals surface area contributed by atoms with E-state index in [1.54, 1.807) is 6.20 Å². The largest absolute Gasteiger partial charge is 0.465 e. The van der Waals surface area contributed by atoms with Crippen molar-refractivity contribution in [3.05, 3.63) is 101 Å². The number of aliphatic hydroxyl groups is 1. The first-order chi connectivity index (χ1) is 37.8. The van der Waals surface area contributed by atoms with Crippen molar-refractivity contribution in [1.82, 2.24) is 46.0 Å². The van der Waals surface area contributed by atoms with E-state index < -0.39 is 115 Å². The number of alkyl carbamates (subject to hydrolysis) is 1. The van der Waals surface area contributed by atoms with E-state index in [1.807, 2.05) is 22.9 Å². The lowest BCUT2D eigenvalue weighted by Crippen LogP contribution is -2.68. The number of aliphatic hydroxyl groups excluding tert-OH is 1. The van der Waals surface area contributed by atoms with E-state index in [2.05, 4.69) is 48.7 Å². The van der Waals surface area contributed by atoms with Gasteiger partial charge in [0.1, 0.15) is 29.5 Å². The number of nitrogens with zero attached hydrogens (tertiary/aromatic N) is 6. The molecule has 3 aliphatic rings. The Balaban J connectivity index is 1.17. The number of amides is 4. The van der Waals surface area contributed by atoms with Crippen molar-refractivity contribution in [3.63, 3.8) is 0 Å². The van der Waals surface area contributed by atoms with Crippen molar-refractivity contribution in [2.45, 2.75) is 121 Å². The monoisotopic (exact) mass is 1150 g/mol. The molecule has 0 aliphatic carbocycles. The molecule has 3 aliphatic heterocycles. The second-order valence-corrected chi connectivity index (χ2v) is 21.5. The third-order valence-electron chi connectivity index (χ3n) is 15.0. The fourth-order valence-electron chi connectivity index (χ4n) is 10.0. The van der Waals surface area contributed by atoms with Crippen LogP contribution in [0.3, 0.4) is 0 Å². The minimum Gasteiger partial charge on any atom is -0.465 e. The molecule has 3 fully saturated rings. The highest BCUT2D eigenvalue weighted by molar-refractivity contribution is 5.87. The number of fused-ring (bicyclic) bond motifs is 2. The van der Waals surface area contributed by atoms with Gasteiger partial charge in [-0.15, -0.1) is 0 Å². The van der Waals surface area contributed by atoms with Gasteiger partial charge in [0.25, 0.3) is 5.91 Å². The van der Waals surface area contributed by atoms with Gasteiger partial charge in [-0.2, -0.15) is 40.2 Å². The van der Waals surface area contributed by atoms with Crippen LogP contribution in [0.15, 0.2) is 67.0 Å². The zero-order chi connectivity index (χ0) is 59.6. The Hall–Kier alpha value is -7.22. The van der Waals surface area contributed by atoms with Gasteiger partial charge < -0.3 is 40.5 Å². The summed E-state index contributed by atoms with van der Waals surface area (Å²) < 4.78 is 156. The van der Waals surface area contributed by atoms with Gasteiger partial charge in [-0.05, 0) is 102 Å². The molecule has 0 saturated carbocycles. The van der Waals surface area contributed by atoms with Crippen LogP contribution in [0.4, 0.5) is 59.3 Å². The zero-order valence-corrected chi connectivity index (χ0v) is 44.6. The number of anilines is 1. The molecule has 5 heterocycles. The number of benzene rings is 2. The first-order valence-electron chi connectivity index (χ1n) is 25.3. The van der Waals surface area contributed by atoms with Gasteiger partial charge in [0.15, 0.2) is 0 Å². The fourth-order valence-corrected chi connectivity index (χ4v) is 10.0. The number of aromatic nitrogens is 3. The van der Waals surface area contributed by atoms with Gasteiger partial charge in [-0.25, -0.2) is 33.0 Å². The minimum absolute atomic E-state index is 0.0391. The molecule has 18 nitrogen and oxygen atoms in total. The number of piperazine rings is 1. The number of methoxy groups -OCH3 is 1. The summed E-state index contributed by atoms with van der Waals surface area (Å²) in [5.74, 6) is 0.611. The van der Waals surface area contributed by atoms with Gasteiger partial charge in [-0.3, -0.25) is 19.9 Å². The van der Waals surface area contributed by atoms with Crippen molar-refractivity contribution in [1.29, 1.82) is 0 Å². The van der Waals surface area contributed by atoms with Crippen LogP contribution < -0.4 is 26.3 Å². The highest BCUT2D eigenvalue weighted by atomic mass is 19.4. The molecular formula is C53H60F10N10O8. The number of carbonyl (C=O) groups is 4. The van der Waals surface area contributed by atoms with Crippen LogP contribution in [0.5, 0.6) is 0 Å². The van der Waals surface area contributed by atoms with E-state index in [0.29, 0.717) is 81.3 Å². The maximum atomic E-state index is 16.0. The molecule has 2 aromatic heterocycles. The number of carbonyl (C=O) groups excluding carboxylic acids is 3. The van der Waals surface area contributed by atoms with E-state index in [9.17, 15) is 64.5 Å². The van der Waals surface area contributed by atoms with Crippen molar-refractivity contribution in [3.8, 4) is 23.1 Å². The predicted molar refractivity (Wildman–Crippen MR) is 270 cm³/mol. The van der Waals surface area contributed by atoms with Crippen LogP contribution in [0.25, 0.3) is 11.3 Å². The van der Waals surface area contributed by atoms with Crippen LogP contribution in [0.1, 0.15) is 76.3 Å². The first kappa shape index (κ1) is 61.4. The van der Waals surface area contributed by atoms with Crippen LogP contribution in [0.2, 0.25) is 0 Å². The second kappa shape index (κ2) is 24.1. The summed E-state index contributed by atoms with van der Waals surface area (Å²) >= 11 is 0. The number of hydrazine groups is 1. The van der Waals surface area contributed by atoms with Crippen molar-refractivity contribution in [2.24, 2.45) is 10.8 Å². The Morgan fingerprint density at radius 2 is 1.41 bits per heavy atom. The number of ether oxygens (including phenoxy) is 2. The maximum Gasteiger partial charge on any atom is 0.407 e. The Kier molecular flexibility index (Phi) is 18.3. The Labute approximate surface area is 458 Å². The predicted octanol–water partition coefficient (Wildman–Crippen LogP) is 6.92. The van der Waals surface area contributed by atoms with Gasteiger partial charge in [0.05, 0.1) is 54.5 Å². The first-order valence-corrected chi connectivity index (χ1v) is 25.3. The molecule has 4 aromatic rings. The highest BCUT2D eigenvalue weighted by Crippen LogP contribution is 2.43. The number of nitrogens with one attached hydrogen (secondary N) is 4. The second-order valence-electron chi connectivity index (χ2n) is 21.5. The molecule has 81 heavy (non-hydrogen) atoms. The zero-order valence-electron chi connectivity index (χ0n) is 44.6. The number of halogens is 10. The number of carboxylic acid groups (broad SMARTS) is 1. The molecule has 0 spiro atoms. The lowest BCUT2D eigenvalue weighted by molar-refractivity contribution is -0.221. The summed E-state index contributed by atoms with van der Waals surface area (Å²) in [6.45, 7) is 1.93. The maximum absolute atomic E-state index is 16.0. The van der Waals surface area contributed by atoms with E-state index in [1.165, 1.54) is 29.6 Å². The summed E-state index contributed by atoms with van der Waals surface area (Å²) in [5, 5.41) is 31.1. The number of rotatable bonds is 19. The molecule has 7 rings (SSSR count). The van der Waals surface area contributed by atoms with Crippen LogP contribution in [0, 0.1) is 34.3 Å². The van der Waals surface area contributed by atoms with E-state index in [-0.39, 0.29) is 27.0 Å². The van der Waals surface area contributed by atoms with Gasteiger partial charge in [-0.1, -0.05) is 24.0 Å². The van der Waals surface area contributed by atoms with Gasteiger partial charge in [0, 0.05) is 72.9 Å². The minimum atomic E-state index is -5.29. The van der Waals surface area contributed by atoms with Crippen molar-refractivity contribution >= 4 is 29.8 Å². The number of pyridine rings is 1. The molecule has 3 saturated heterocycles. The topological polar surface area (TPSA) is 216 Å². The van der Waals surface area contributed by atoms with Crippen LogP contribution >= 0.6 is 0 Å². The Bertz CT molecular complexity index is 2940. The van der Waals surface area contributed by atoms with E-state index in [4.69, 9.17) is 4.74 Å². The number of hydrogen-bond acceptors (Lipinski definition) is 12.